The van der Waals surface area contributed by atoms with Gasteiger partial charge in [-0.05, 0) is 25.2 Å². The first kappa shape index (κ1) is 18.9. The molecule has 0 heterocycles. The van der Waals surface area contributed by atoms with E-state index in [2.05, 4.69) is 20.8 Å². The van der Waals surface area contributed by atoms with Crippen molar-refractivity contribution in [1.82, 2.24) is 0 Å². The minimum Gasteiger partial charge on any atom is -0.466 e. The van der Waals surface area contributed by atoms with Gasteiger partial charge < -0.3 is 9.47 Å². The number of carbonyl (C=O) groups is 2. The van der Waals surface area contributed by atoms with E-state index in [1.54, 1.807) is 0 Å². The average Bonchev–Trinajstić information content (AvgIpc) is 2.38. The Hall–Kier alpha value is -1.06. The van der Waals surface area contributed by atoms with Gasteiger partial charge in [-0.2, -0.15) is 0 Å². The average molecular weight is 286 g/mol. The minimum absolute atomic E-state index is 0.212. The zero-order valence-electron chi connectivity index (χ0n) is 13.3. The van der Waals surface area contributed by atoms with Gasteiger partial charge in [0.1, 0.15) is 0 Å². The number of hydrogen-bond acceptors (Lipinski definition) is 4. The molecule has 0 saturated heterocycles. The van der Waals surface area contributed by atoms with Crippen molar-refractivity contribution >= 4 is 11.9 Å². The Morgan fingerprint density at radius 2 is 1.45 bits per heavy atom. The summed E-state index contributed by atoms with van der Waals surface area (Å²) in [5, 5.41) is 0. The van der Waals surface area contributed by atoms with Crippen LogP contribution in [0.15, 0.2) is 0 Å². The van der Waals surface area contributed by atoms with E-state index in [0.29, 0.717) is 38.4 Å². The second kappa shape index (κ2) is 12.9. The number of carbonyl (C=O) groups excluding carboxylic acids is 2. The summed E-state index contributed by atoms with van der Waals surface area (Å²) in [6, 6.07) is 0. The van der Waals surface area contributed by atoms with Gasteiger partial charge in [0.15, 0.2) is 0 Å². The molecule has 0 aliphatic rings. The standard InChI is InChI=1S/C16H30O4/c1-4-5-6-7-12-19-15(17)9-8-10-16(18)20-13-11-14(2)3/h14H,4-13H2,1-3H3. The summed E-state index contributed by atoms with van der Waals surface area (Å²) in [6.45, 7) is 7.29. The molecule has 0 saturated carbocycles. The lowest BCUT2D eigenvalue weighted by atomic mass is 10.1. The first-order valence-electron chi connectivity index (χ1n) is 7.87. The first-order chi connectivity index (χ1) is 9.56. The van der Waals surface area contributed by atoms with Crippen molar-refractivity contribution in [2.24, 2.45) is 5.92 Å². The molecule has 0 radical (unpaired) electrons. The molecule has 0 spiro atoms. The fourth-order valence-electron chi connectivity index (χ4n) is 1.64. The van der Waals surface area contributed by atoms with Gasteiger partial charge in [-0.15, -0.1) is 0 Å². The maximum absolute atomic E-state index is 11.4. The Morgan fingerprint density at radius 1 is 0.850 bits per heavy atom. The van der Waals surface area contributed by atoms with Crippen LogP contribution in [0.4, 0.5) is 0 Å². The lowest BCUT2D eigenvalue weighted by Gasteiger charge is -2.07. The molecule has 0 bridgehead atoms. The van der Waals surface area contributed by atoms with Crippen LogP contribution in [0.2, 0.25) is 0 Å². The zero-order chi connectivity index (χ0) is 15.2. The molecule has 0 unspecified atom stereocenters. The second-order valence-corrected chi connectivity index (χ2v) is 5.54. The second-order valence-electron chi connectivity index (χ2n) is 5.54. The van der Waals surface area contributed by atoms with Gasteiger partial charge in [0.05, 0.1) is 13.2 Å². The molecule has 0 amide bonds. The largest absolute Gasteiger partial charge is 0.466 e. The molecular formula is C16H30O4. The van der Waals surface area contributed by atoms with Crippen LogP contribution in [0, 0.1) is 5.92 Å². The van der Waals surface area contributed by atoms with Crippen molar-refractivity contribution < 1.29 is 19.1 Å². The molecule has 0 N–H and O–H groups in total. The summed E-state index contributed by atoms with van der Waals surface area (Å²) in [7, 11) is 0. The fraction of sp³-hybridized carbons (Fsp3) is 0.875. The van der Waals surface area contributed by atoms with E-state index in [0.717, 1.165) is 19.3 Å². The molecule has 0 aromatic rings. The van der Waals surface area contributed by atoms with Crippen LogP contribution in [0.25, 0.3) is 0 Å². The normalized spacial score (nSPS) is 10.6. The van der Waals surface area contributed by atoms with Crippen molar-refractivity contribution in [2.75, 3.05) is 13.2 Å². The lowest BCUT2D eigenvalue weighted by Crippen LogP contribution is -2.10. The van der Waals surface area contributed by atoms with Gasteiger partial charge in [-0.1, -0.05) is 40.0 Å². The number of hydrogen-bond donors (Lipinski definition) is 0. The zero-order valence-corrected chi connectivity index (χ0v) is 13.3. The summed E-state index contributed by atoms with van der Waals surface area (Å²) in [6.07, 6.45) is 6.37. The third-order valence-electron chi connectivity index (χ3n) is 2.98. The number of esters is 2. The van der Waals surface area contributed by atoms with Gasteiger partial charge in [-0.3, -0.25) is 9.59 Å². The summed E-state index contributed by atoms with van der Waals surface area (Å²) in [4.78, 5) is 22.8. The summed E-state index contributed by atoms with van der Waals surface area (Å²) >= 11 is 0. The van der Waals surface area contributed by atoms with E-state index in [4.69, 9.17) is 9.47 Å². The predicted molar refractivity (Wildman–Crippen MR) is 79.4 cm³/mol. The summed E-state index contributed by atoms with van der Waals surface area (Å²) in [5.74, 6) is 0.100. The molecule has 20 heavy (non-hydrogen) atoms. The van der Waals surface area contributed by atoms with Crippen LogP contribution in [0.5, 0.6) is 0 Å². The molecule has 0 atom stereocenters. The molecule has 118 valence electrons. The molecular weight excluding hydrogens is 256 g/mol. The highest BCUT2D eigenvalue weighted by Crippen LogP contribution is 2.04. The Bertz CT molecular complexity index is 261. The maximum Gasteiger partial charge on any atom is 0.305 e. The molecule has 0 fully saturated rings. The lowest BCUT2D eigenvalue weighted by molar-refractivity contribution is -0.145. The van der Waals surface area contributed by atoms with Gasteiger partial charge in [0.2, 0.25) is 0 Å². The Morgan fingerprint density at radius 3 is 2.00 bits per heavy atom. The third-order valence-corrected chi connectivity index (χ3v) is 2.98. The molecule has 0 aliphatic heterocycles. The van der Waals surface area contributed by atoms with Gasteiger partial charge in [-0.25, -0.2) is 0 Å². The van der Waals surface area contributed by atoms with Crippen molar-refractivity contribution in [3.8, 4) is 0 Å². The fourth-order valence-corrected chi connectivity index (χ4v) is 1.64. The Labute approximate surface area is 123 Å². The van der Waals surface area contributed by atoms with E-state index in [9.17, 15) is 9.59 Å². The van der Waals surface area contributed by atoms with Crippen LogP contribution in [0.3, 0.4) is 0 Å². The number of rotatable bonds is 12. The quantitative estimate of drug-likeness (QED) is 0.404. The van der Waals surface area contributed by atoms with Crippen molar-refractivity contribution in [1.29, 1.82) is 0 Å². The Kier molecular flexibility index (Phi) is 12.3. The van der Waals surface area contributed by atoms with Crippen LogP contribution in [-0.2, 0) is 19.1 Å². The van der Waals surface area contributed by atoms with Crippen LogP contribution in [-0.4, -0.2) is 25.2 Å². The monoisotopic (exact) mass is 286 g/mol. The smallest absolute Gasteiger partial charge is 0.305 e. The van der Waals surface area contributed by atoms with Crippen molar-refractivity contribution in [3.05, 3.63) is 0 Å². The maximum atomic E-state index is 11.4. The molecule has 4 heteroatoms. The molecule has 0 aliphatic carbocycles. The highest BCUT2D eigenvalue weighted by molar-refractivity contribution is 5.72. The molecule has 0 aromatic heterocycles. The minimum atomic E-state index is -0.221. The van der Waals surface area contributed by atoms with Crippen molar-refractivity contribution in [2.45, 2.75) is 72.1 Å². The van der Waals surface area contributed by atoms with Gasteiger partial charge in [0.25, 0.3) is 0 Å². The highest BCUT2D eigenvalue weighted by Gasteiger charge is 2.07. The van der Waals surface area contributed by atoms with Crippen LogP contribution < -0.4 is 0 Å². The van der Waals surface area contributed by atoms with Crippen LogP contribution >= 0.6 is 0 Å². The van der Waals surface area contributed by atoms with E-state index in [1.165, 1.54) is 12.8 Å². The van der Waals surface area contributed by atoms with E-state index >= 15 is 0 Å². The Balaban J connectivity index is 3.39. The molecule has 4 nitrogen and oxygen atoms in total. The summed E-state index contributed by atoms with van der Waals surface area (Å²) < 4.78 is 10.2. The van der Waals surface area contributed by atoms with Gasteiger partial charge >= 0.3 is 11.9 Å². The number of ether oxygens (including phenoxy) is 2. The first-order valence-corrected chi connectivity index (χ1v) is 7.87. The number of unbranched alkanes of at least 4 members (excludes halogenated alkanes) is 3. The molecule has 0 rings (SSSR count). The van der Waals surface area contributed by atoms with Crippen molar-refractivity contribution in [3.63, 3.8) is 0 Å². The third kappa shape index (κ3) is 13.4. The topological polar surface area (TPSA) is 52.6 Å². The SMILES string of the molecule is CCCCCCOC(=O)CCCC(=O)OCCC(C)C. The van der Waals surface area contributed by atoms with E-state index in [1.807, 2.05) is 0 Å². The summed E-state index contributed by atoms with van der Waals surface area (Å²) in [5.41, 5.74) is 0. The van der Waals surface area contributed by atoms with E-state index < -0.39 is 0 Å². The molecule has 0 aromatic carbocycles. The predicted octanol–water partition coefficient (Wildman–Crippen LogP) is 3.87. The van der Waals surface area contributed by atoms with Crippen LogP contribution in [0.1, 0.15) is 72.1 Å². The van der Waals surface area contributed by atoms with Gasteiger partial charge in [0, 0.05) is 12.8 Å². The highest BCUT2D eigenvalue weighted by atomic mass is 16.5. The van der Waals surface area contributed by atoms with E-state index in [-0.39, 0.29) is 11.9 Å².